The predicted octanol–water partition coefficient (Wildman–Crippen LogP) is 4.40. The number of hydrogen-bond donors (Lipinski definition) is 0. The summed E-state index contributed by atoms with van der Waals surface area (Å²) < 4.78 is 16.8. The van der Waals surface area contributed by atoms with Crippen molar-refractivity contribution < 1.29 is 19.0 Å². The van der Waals surface area contributed by atoms with Crippen LogP contribution in [0.25, 0.3) is 0 Å². The number of aromatic nitrogens is 1. The number of likely N-dealkylation sites (tertiary alicyclic amines) is 1. The van der Waals surface area contributed by atoms with Crippen LogP contribution in [0.2, 0.25) is 0 Å². The lowest BCUT2D eigenvalue weighted by Crippen LogP contribution is -2.53. The molecule has 0 radical (unpaired) electrons. The first-order valence-corrected chi connectivity index (χ1v) is 12.7. The van der Waals surface area contributed by atoms with Crippen molar-refractivity contribution in [2.75, 3.05) is 41.0 Å². The van der Waals surface area contributed by atoms with Crippen LogP contribution in [-0.2, 0) is 13.1 Å². The number of carbonyl (C=O) groups is 1. The number of piperidine rings is 1. The summed E-state index contributed by atoms with van der Waals surface area (Å²) in [5, 5.41) is 0. The molecule has 1 aromatic heterocycles. The van der Waals surface area contributed by atoms with Gasteiger partial charge in [-0.1, -0.05) is 19.1 Å². The molecular formula is C28H36N4O4. The fraction of sp³-hybridized carbons (Fsp3) is 0.500. The van der Waals surface area contributed by atoms with E-state index >= 15 is 0 Å². The second-order valence-electron chi connectivity index (χ2n) is 9.84. The topological polar surface area (TPSA) is 67.4 Å². The number of carbonyl (C=O) groups excluding carboxylic acids is 1. The second-order valence-corrected chi connectivity index (χ2v) is 9.84. The summed E-state index contributed by atoms with van der Waals surface area (Å²) in [6, 6.07) is 8.10. The van der Waals surface area contributed by atoms with E-state index in [0.717, 1.165) is 66.4 Å². The normalized spacial score (nSPS) is 21.1. The van der Waals surface area contributed by atoms with Gasteiger partial charge in [0.25, 0.3) is 0 Å². The van der Waals surface area contributed by atoms with Gasteiger partial charge in [0.05, 0.1) is 33.4 Å². The van der Waals surface area contributed by atoms with Gasteiger partial charge >= 0.3 is 6.03 Å². The van der Waals surface area contributed by atoms with Crippen LogP contribution in [0.3, 0.4) is 0 Å². The highest BCUT2D eigenvalue weighted by atomic mass is 16.5. The van der Waals surface area contributed by atoms with E-state index in [-0.39, 0.29) is 17.5 Å². The van der Waals surface area contributed by atoms with Gasteiger partial charge in [0.15, 0.2) is 0 Å². The molecule has 0 unspecified atom stereocenters. The van der Waals surface area contributed by atoms with E-state index < -0.39 is 0 Å². The zero-order valence-corrected chi connectivity index (χ0v) is 21.9. The van der Waals surface area contributed by atoms with Gasteiger partial charge < -0.3 is 19.1 Å². The maximum atomic E-state index is 13.8. The lowest BCUT2D eigenvalue weighted by atomic mass is 9.82. The molecule has 8 nitrogen and oxygen atoms in total. The Labute approximate surface area is 213 Å². The first-order chi connectivity index (χ1) is 17.4. The largest absolute Gasteiger partial charge is 0.497 e. The molecule has 3 aliphatic heterocycles. The molecule has 192 valence electrons. The molecule has 36 heavy (non-hydrogen) atoms. The number of nitrogens with zero attached hydrogens (tertiary/aromatic N) is 4. The first kappa shape index (κ1) is 24.4. The van der Waals surface area contributed by atoms with Crippen molar-refractivity contribution in [3.63, 3.8) is 0 Å². The van der Waals surface area contributed by atoms with E-state index in [4.69, 9.17) is 14.2 Å². The number of urea groups is 1. The van der Waals surface area contributed by atoms with Crippen LogP contribution in [0.4, 0.5) is 4.79 Å². The average molecular weight is 493 g/mol. The molecule has 3 aliphatic rings. The lowest BCUT2D eigenvalue weighted by Gasteiger charge is -2.44. The highest BCUT2D eigenvalue weighted by Crippen LogP contribution is 2.49. The van der Waals surface area contributed by atoms with Gasteiger partial charge in [0.2, 0.25) is 5.88 Å². The maximum absolute atomic E-state index is 13.8. The molecule has 5 rings (SSSR count). The highest BCUT2D eigenvalue weighted by molar-refractivity contribution is 5.83. The van der Waals surface area contributed by atoms with Crippen LogP contribution in [0.1, 0.15) is 49.3 Å². The van der Waals surface area contributed by atoms with Gasteiger partial charge in [-0.15, -0.1) is 0 Å². The molecule has 1 aromatic carbocycles. The molecule has 4 heterocycles. The smallest absolute Gasteiger partial charge is 0.325 e. The fourth-order valence-corrected chi connectivity index (χ4v) is 6.31. The third-order valence-electron chi connectivity index (χ3n) is 8.03. The van der Waals surface area contributed by atoms with Crippen molar-refractivity contribution in [2.45, 2.75) is 51.2 Å². The van der Waals surface area contributed by atoms with Gasteiger partial charge in [-0.25, -0.2) is 9.78 Å². The summed E-state index contributed by atoms with van der Waals surface area (Å²) in [7, 11) is 5.02. The number of rotatable bonds is 6. The maximum Gasteiger partial charge on any atom is 0.325 e. The molecule has 0 N–H and O–H groups in total. The molecule has 8 heteroatoms. The molecule has 0 saturated carbocycles. The number of methoxy groups -OCH3 is 3. The summed E-state index contributed by atoms with van der Waals surface area (Å²) in [6.07, 6.45) is 5.84. The van der Waals surface area contributed by atoms with Crippen molar-refractivity contribution in [2.24, 2.45) is 0 Å². The van der Waals surface area contributed by atoms with E-state index in [0.29, 0.717) is 19.0 Å². The van der Waals surface area contributed by atoms with Gasteiger partial charge in [-0.2, -0.15) is 0 Å². The summed E-state index contributed by atoms with van der Waals surface area (Å²) in [6.45, 7) is 8.06. The number of benzene rings is 1. The van der Waals surface area contributed by atoms with Crippen LogP contribution < -0.4 is 14.2 Å². The number of amides is 2. The Morgan fingerprint density at radius 2 is 1.89 bits per heavy atom. The number of fused-ring (bicyclic) bond motifs is 3. The molecule has 0 bridgehead atoms. The zero-order chi connectivity index (χ0) is 25.4. The molecular weight excluding hydrogens is 456 g/mol. The van der Waals surface area contributed by atoms with E-state index in [9.17, 15) is 4.79 Å². The summed E-state index contributed by atoms with van der Waals surface area (Å²) in [4.78, 5) is 24.7. The third-order valence-corrected chi connectivity index (χ3v) is 8.03. The lowest BCUT2D eigenvalue weighted by molar-refractivity contribution is 0.0883. The van der Waals surface area contributed by atoms with E-state index in [1.165, 1.54) is 0 Å². The highest BCUT2D eigenvalue weighted by Gasteiger charge is 2.54. The van der Waals surface area contributed by atoms with Crippen molar-refractivity contribution >= 4 is 6.03 Å². The SMILES string of the molecule is CCN1C(=O)N2Cc3cc(OC)cc(OC)c3[C@@H](C)C=C2C12CCN(Cc1cccnc1OC)CC2. The first-order valence-electron chi connectivity index (χ1n) is 12.7. The van der Waals surface area contributed by atoms with Crippen molar-refractivity contribution in [1.82, 2.24) is 19.7 Å². The number of pyridine rings is 1. The quantitative estimate of drug-likeness (QED) is 0.596. The van der Waals surface area contributed by atoms with Crippen molar-refractivity contribution in [3.8, 4) is 17.4 Å². The summed E-state index contributed by atoms with van der Waals surface area (Å²) in [5.41, 5.74) is 4.14. The summed E-state index contributed by atoms with van der Waals surface area (Å²) >= 11 is 0. The molecule has 2 saturated heterocycles. The van der Waals surface area contributed by atoms with Crippen LogP contribution in [0.5, 0.6) is 17.4 Å². The van der Waals surface area contributed by atoms with Gasteiger partial charge in [0, 0.05) is 61.2 Å². The standard InChI is InChI=1S/C28H36N4O4/c1-6-32-27(33)31-18-21-15-22(34-3)16-23(35-4)25(21)19(2)14-24(31)28(32)9-12-30(13-10-28)17-20-8-7-11-29-26(20)36-5/h7-8,11,14-16,19H,6,9-10,12-13,17-18H2,1-5H3/t19-/m0/s1. The van der Waals surface area contributed by atoms with Gasteiger partial charge in [-0.05, 0) is 37.5 Å². The Hall–Kier alpha value is -3.26. The number of ether oxygens (including phenoxy) is 3. The minimum atomic E-state index is -0.297. The van der Waals surface area contributed by atoms with Gasteiger partial charge in [-0.3, -0.25) is 9.80 Å². The number of hydrogen-bond acceptors (Lipinski definition) is 6. The minimum absolute atomic E-state index is 0.0907. The van der Waals surface area contributed by atoms with Crippen LogP contribution in [0.15, 0.2) is 42.2 Å². The summed E-state index contributed by atoms with van der Waals surface area (Å²) in [5.74, 6) is 2.34. The zero-order valence-electron chi connectivity index (χ0n) is 21.9. The Morgan fingerprint density at radius 1 is 1.11 bits per heavy atom. The number of likely N-dealkylation sites (N-methyl/N-ethyl adjacent to an activating group) is 1. The van der Waals surface area contributed by atoms with E-state index in [1.54, 1.807) is 27.5 Å². The Bertz CT molecular complexity index is 1170. The molecule has 2 aromatic rings. The second kappa shape index (κ2) is 9.65. The molecule has 1 atom stereocenters. The minimum Gasteiger partial charge on any atom is -0.497 e. The molecule has 2 amide bonds. The molecule has 1 spiro atoms. The average Bonchev–Trinajstić information content (AvgIpc) is 3.00. The van der Waals surface area contributed by atoms with Gasteiger partial charge in [0.1, 0.15) is 11.5 Å². The van der Waals surface area contributed by atoms with Crippen molar-refractivity contribution in [1.29, 1.82) is 0 Å². The van der Waals surface area contributed by atoms with Crippen LogP contribution >= 0.6 is 0 Å². The predicted molar refractivity (Wildman–Crippen MR) is 137 cm³/mol. The molecule has 2 fully saturated rings. The number of allylic oxidation sites excluding steroid dienone is 1. The molecule has 0 aliphatic carbocycles. The fourth-order valence-electron chi connectivity index (χ4n) is 6.31. The monoisotopic (exact) mass is 492 g/mol. The Balaban J connectivity index is 1.46. The van der Waals surface area contributed by atoms with Crippen LogP contribution in [-0.4, -0.2) is 72.2 Å². The van der Waals surface area contributed by atoms with E-state index in [2.05, 4.69) is 40.8 Å². The Morgan fingerprint density at radius 3 is 2.56 bits per heavy atom. The van der Waals surface area contributed by atoms with E-state index in [1.807, 2.05) is 23.1 Å². The Kier molecular flexibility index (Phi) is 6.55. The van der Waals surface area contributed by atoms with Crippen LogP contribution in [0, 0.1) is 0 Å². The van der Waals surface area contributed by atoms with Crippen molar-refractivity contribution in [3.05, 3.63) is 58.9 Å². The third kappa shape index (κ3) is 3.88.